The third-order valence-corrected chi connectivity index (χ3v) is 3.94. The van der Waals surface area contributed by atoms with Crippen molar-refractivity contribution >= 4 is 5.97 Å². The van der Waals surface area contributed by atoms with Crippen LogP contribution in [0, 0.1) is 5.41 Å². The van der Waals surface area contributed by atoms with E-state index in [1.165, 1.54) is 7.11 Å². The molecule has 0 radical (unpaired) electrons. The number of aliphatic hydroxyl groups excluding tert-OH is 1. The lowest BCUT2D eigenvalue weighted by Gasteiger charge is -2.42. The first-order chi connectivity index (χ1) is 8.56. The van der Waals surface area contributed by atoms with Crippen LogP contribution < -0.4 is 0 Å². The molecule has 4 nitrogen and oxygen atoms in total. The summed E-state index contributed by atoms with van der Waals surface area (Å²) in [6.45, 7) is 6.12. The number of nitrogens with zero attached hydrogens (tertiary/aromatic N) is 1. The molecule has 0 amide bonds. The molecule has 18 heavy (non-hydrogen) atoms. The summed E-state index contributed by atoms with van der Waals surface area (Å²) in [6.07, 6.45) is 5.04. The highest BCUT2D eigenvalue weighted by molar-refractivity contribution is 5.75. The molecule has 2 unspecified atom stereocenters. The number of carbonyl (C=O) groups excluding carboxylic acids is 1. The fourth-order valence-corrected chi connectivity index (χ4v) is 2.74. The highest BCUT2D eigenvalue weighted by Gasteiger charge is 2.36. The summed E-state index contributed by atoms with van der Waals surface area (Å²) in [5.41, 5.74) is -0.0727. The van der Waals surface area contributed by atoms with Gasteiger partial charge in [0, 0.05) is 18.6 Å². The average Bonchev–Trinajstić information content (AvgIpc) is 2.39. The molecule has 1 saturated heterocycles. The van der Waals surface area contributed by atoms with Gasteiger partial charge in [-0.3, -0.25) is 9.69 Å². The Hall–Kier alpha value is -0.610. The number of piperidine rings is 1. The molecule has 0 aromatic rings. The molecule has 1 heterocycles. The van der Waals surface area contributed by atoms with Crippen LogP contribution in [-0.2, 0) is 9.53 Å². The summed E-state index contributed by atoms with van der Waals surface area (Å²) >= 11 is 0. The molecule has 0 spiro atoms. The number of carbonyl (C=O) groups is 1. The standard InChI is InChI=1S/C14H27NO3/c1-4-5-7-12(13(17)18-3)15-9-6-8-14(2,10-15)11-16/h12,16H,4-11H2,1-3H3. The second kappa shape index (κ2) is 7.10. The van der Waals surface area contributed by atoms with Gasteiger partial charge in [-0.25, -0.2) is 0 Å². The second-order valence-electron chi connectivity index (χ2n) is 5.72. The zero-order chi connectivity index (χ0) is 13.6. The summed E-state index contributed by atoms with van der Waals surface area (Å²) in [7, 11) is 1.45. The fourth-order valence-electron chi connectivity index (χ4n) is 2.74. The quantitative estimate of drug-likeness (QED) is 0.737. The minimum atomic E-state index is -0.138. The molecule has 1 N–H and O–H groups in total. The van der Waals surface area contributed by atoms with E-state index in [0.29, 0.717) is 0 Å². The van der Waals surface area contributed by atoms with E-state index in [9.17, 15) is 9.90 Å². The van der Waals surface area contributed by atoms with E-state index in [0.717, 1.165) is 45.2 Å². The number of esters is 1. The Balaban J connectivity index is 2.69. The van der Waals surface area contributed by atoms with Crippen LogP contribution >= 0.6 is 0 Å². The van der Waals surface area contributed by atoms with E-state index in [4.69, 9.17) is 4.74 Å². The van der Waals surface area contributed by atoms with Crippen molar-refractivity contribution in [2.45, 2.75) is 52.0 Å². The summed E-state index contributed by atoms with van der Waals surface area (Å²) in [5.74, 6) is -0.134. The first kappa shape index (κ1) is 15.4. The van der Waals surface area contributed by atoms with Gasteiger partial charge in [0.25, 0.3) is 0 Å². The summed E-state index contributed by atoms with van der Waals surface area (Å²) in [5, 5.41) is 9.48. The van der Waals surface area contributed by atoms with Crippen LogP contribution in [0.5, 0.6) is 0 Å². The Morgan fingerprint density at radius 2 is 2.28 bits per heavy atom. The SMILES string of the molecule is CCCCC(C(=O)OC)N1CCCC(C)(CO)C1. The van der Waals surface area contributed by atoms with Crippen molar-refractivity contribution in [3.8, 4) is 0 Å². The fraction of sp³-hybridized carbons (Fsp3) is 0.929. The third kappa shape index (κ3) is 3.95. The maximum Gasteiger partial charge on any atom is 0.323 e. The van der Waals surface area contributed by atoms with Crippen LogP contribution in [0.3, 0.4) is 0 Å². The second-order valence-corrected chi connectivity index (χ2v) is 5.72. The van der Waals surface area contributed by atoms with Crippen molar-refractivity contribution < 1.29 is 14.6 Å². The number of ether oxygens (including phenoxy) is 1. The lowest BCUT2D eigenvalue weighted by molar-refractivity contribution is -0.149. The Morgan fingerprint density at radius 3 is 2.83 bits per heavy atom. The number of methoxy groups -OCH3 is 1. The van der Waals surface area contributed by atoms with Gasteiger partial charge in [0.05, 0.1) is 7.11 Å². The summed E-state index contributed by atoms with van der Waals surface area (Å²) in [6, 6.07) is -0.138. The molecule has 0 bridgehead atoms. The zero-order valence-electron chi connectivity index (χ0n) is 11.9. The Labute approximate surface area is 110 Å². The van der Waals surface area contributed by atoms with Crippen LogP contribution in [0.15, 0.2) is 0 Å². The van der Waals surface area contributed by atoms with Gasteiger partial charge in [-0.05, 0) is 25.8 Å². The number of aliphatic hydroxyl groups is 1. The molecule has 2 atom stereocenters. The molecule has 4 heteroatoms. The molecule has 106 valence electrons. The van der Waals surface area contributed by atoms with Gasteiger partial charge in [0.2, 0.25) is 0 Å². The highest BCUT2D eigenvalue weighted by atomic mass is 16.5. The molecular formula is C14H27NO3. The van der Waals surface area contributed by atoms with E-state index >= 15 is 0 Å². The monoisotopic (exact) mass is 257 g/mol. The molecule has 0 aliphatic carbocycles. The van der Waals surface area contributed by atoms with Crippen molar-refractivity contribution in [2.75, 3.05) is 26.8 Å². The number of likely N-dealkylation sites (tertiary alicyclic amines) is 1. The van der Waals surface area contributed by atoms with Crippen molar-refractivity contribution in [3.05, 3.63) is 0 Å². The molecule has 1 aliphatic heterocycles. The van der Waals surface area contributed by atoms with E-state index in [1.807, 2.05) is 0 Å². The normalized spacial score (nSPS) is 26.9. The van der Waals surface area contributed by atoms with Crippen molar-refractivity contribution in [1.29, 1.82) is 0 Å². The number of hydrogen-bond acceptors (Lipinski definition) is 4. The Bertz CT molecular complexity index is 270. The van der Waals surface area contributed by atoms with Crippen LogP contribution in [0.1, 0.15) is 46.0 Å². The largest absolute Gasteiger partial charge is 0.468 e. The van der Waals surface area contributed by atoms with Crippen LogP contribution in [0.25, 0.3) is 0 Å². The lowest BCUT2D eigenvalue weighted by Crippen LogP contribution is -2.51. The predicted molar refractivity (Wildman–Crippen MR) is 71.3 cm³/mol. The minimum absolute atomic E-state index is 0.0727. The average molecular weight is 257 g/mol. The van der Waals surface area contributed by atoms with Gasteiger partial charge < -0.3 is 9.84 Å². The van der Waals surface area contributed by atoms with E-state index in [2.05, 4.69) is 18.7 Å². The summed E-state index contributed by atoms with van der Waals surface area (Å²) in [4.78, 5) is 14.1. The van der Waals surface area contributed by atoms with Crippen LogP contribution in [0.4, 0.5) is 0 Å². The lowest BCUT2D eigenvalue weighted by atomic mass is 9.82. The molecule has 0 aromatic carbocycles. The first-order valence-electron chi connectivity index (χ1n) is 6.99. The van der Waals surface area contributed by atoms with Gasteiger partial charge in [-0.15, -0.1) is 0 Å². The van der Waals surface area contributed by atoms with Gasteiger partial charge in [-0.2, -0.15) is 0 Å². The van der Waals surface area contributed by atoms with Gasteiger partial charge in [-0.1, -0.05) is 26.7 Å². The highest BCUT2D eigenvalue weighted by Crippen LogP contribution is 2.30. The van der Waals surface area contributed by atoms with Gasteiger partial charge in [0.15, 0.2) is 0 Å². The van der Waals surface area contributed by atoms with Crippen molar-refractivity contribution in [1.82, 2.24) is 4.90 Å². The van der Waals surface area contributed by atoms with E-state index < -0.39 is 0 Å². The van der Waals surface area contributed by atoms with Gasteiger partial charge in [0.1, 0.15) is 6.04 Å². The van der Waals surface area contributed by atoms with Crippen LogP contribution in [0.2, 0.25) is 0 Å². The van der Waals surface area contributed by atoms with Crippen molar-refractivity contribution in [3.63, 3.8) is 0 Å². The number of hydrogen-bond donors (Lipinski definition) is 1. The number of rotatable bonds is 6. The zero-order valence-corrected chi connectivity index (χ0v) is 11.9. The number of unbranched alkanes of at least 4 members (excludes halogenated alkanes) is 1. The molecular weight excluding hydrogens is 230 g/mol. The minimum Gasteiger partial charge on any atom is -0.468 e. The third-order valence-electron chi connectivity index (χ3n) is 3.94. The molecule has 1 fully saturated rings. The van der Waals surface area contributed by atoms with Gasteiger partial charge >= 0.3 is 5.97 Å². The topological polar surface area (TPSA) is 49.8 Å². The van der Waals surface area contributed by atoms with E-state index in [1.54, 1.807) is 0 Å². The molecule has 0 saturated carbocycles. The first-order valence-corrected chi connectivity index (χ1v) is 6.99. The summed E-state index contributed by atoms with van der Waals surface area (Å²) < 4.78 is 4.92. The Morgan fingerprint density at radius 1 is 1.56 bits per heavy atom. The maximum atomic E-state index is 11.9. The predicted octanol–water partition coefficient (Wildman–Crippen LogP) is 1.81. The van der Waals surface area contributed by atoms with E-state index in [-0.39, 0.29) is 24.0 Å². The molecule has 1 rings (SSSR count). The molecule has 0 aromatic heterocycles. The Kier molecular flexibility index (Phi) is 6.09. The van der Waals surface area contributed by atoms with Crippen LogP contribution in [-0.4, -0.2) is 48.8 Å². The maximum absolute atomic E-state index is 11.9. The molecule has 1 aliphatic rings. The smallest absolute Gasteiger partial charge is 0.323 e. The van der Waals surface area contributed by atoms with Crippen molar-refractivity contribution in [2.24, 2.45) is 5.41 Å².